The molecule has 1 heterocycles. The third-order valence-electron chi connectivity index (χ3n) is 3.69. The Kier molecular flexibility index (Phi) is 4.89. The van der Waals surface area contributed by atoms with Gasteiger partial charge in [-0.05, 0) is 17.7 Å². The topological polar surface area (TPSA) is 98.2 Å². The van der Waals surface area contributed by atoms with Gasteiger partial charge in [0, 0.05) is 12.0 Å². The van der Waals surface area contributed by atoms with Crippen molar-refractivity contribution in [1.29, 1.82) is 0 Å². The lowest BCUT2D eigenvalue weighted by Gasteiger charge is -2.14. The Balaban J connectivity index is 1.72. The van der Waals surface area contributed by atoms with E-state index >= 15 is 0 Å². The molecule has 0 saturated heterocycles. The summed E-state index contributed by atoms with van der Waals surface area (Å²) in [5.74, 6) is -0.779. The first-order valence-electron chi connectivity index (χ1n) is 7.78. The Hall–Kier alpha value is -3.41. The number of rotatable bonds is 6. The van der Waals surface area contributed by atoms with E-state index in [0.29, 0.717) is 12.3 Å². The maximum atomic E-state index is 12.4. The molecule has 0 aliphatic carbocycles. The van der Waals surface area contributed by atoms with E-state index in [1.54, 1.807) is 0 Å². The number of carbonyl (C=O) groups excluding carboxylic acids is 2. The molecule has 0 fully saturated rings. The van der Waals surface area contributed by atoms with Gasteiger partial charge in [0.2, 0.25) is 11.8 Å². The summed E-state index contributed by atoms with van der Waals surface area (Å²) in [6.45, 7) is 0. The van der Waals surface area contributed by atoms with Gasteiger partial charge in [0.25, 0.3) is 5.91 Å². The summed E-state index contributed by atoms with van der Waals surface area (Å²) in [7, 11) is 0. The van der Waals surface area contributed by atoms with Gasteiger partial charge in [-0.25, -0.2) is 4.98 Å². The van der Waals surface area contributed by atoms with Crippen molar-refractivity contribution < 1.29 is 14.0 Å². The van der Waals surface area contributed by atoms with Gasteiger partial charge in [0.15, 0.2) is 5.69 Å². The number of nitrogens with zero attached hydrogens (tertiary/aromatic N) is 1. The zero-order valence-electron chi connectivity index (χ0n) is 13.4. The van der Waals surface area contributed by atoms with Crippen LogP contribution in [0.15, 0.2) is 71.3 Å². The van der Waals surface area contributed by atoms with Crippen molar-refractivity contribution in [2.75, 3.05) is 0 Å². The first kappa shape index (κ1) is 16.4. The van der Waals surface area contributed by atoms with Crippen LogP contribution in [0.1, 0.15) is 16.1 Å². The predicted octanol–water partition coefficient (Wildman–Crippen LogP) is 2.17. The molecule has 0 unspecified atom stereocenters. The smallest absolute Gasteiger partial charge is 0.273 e. The lowest BCUT2D eigenvalue weighted by molar-refractivity contribution is -0.119. The standard InChI is InChI=1S/C19H17N3O3/c20-17(23)15(11-13-7-3-1-4-8-13)21-18(24)16-12-25-19(22-16)14-9-5-2-6-10-14/h1-10,12,15H,11H2,(H2,20,23)(H,21,24)/t15-/m0/s1. The van der Waals surface area contributed by atoms with E-state index < -0.39 is 17.9 Å². The van der Waals surface area contributed by atoms with E-state index in [-0.39, 0.29) is 5.69 Å². The molecule has 6 heteroatoms. The molecule has 0 aliphatic heterocycles. The molecule has 1 atom stereocenters. The van der Waals surface area contributed by atoms with Crippen molar-refractivity contribution >= 4 is 11.8 Å². The third-order valence-corrected chi connectivity index (χ3v) is 3.69. The molecule has 126 valence electrons. The van der Waals surface area contributed by atoms with Gasteiger partial charge in [0.1, 0.15) is 12.3 Å². The highest BCUT2D eigenvalue weighted by atomic mass is 16.3. The Labute approximate surface area is 144 Å². The van der Waals surface area contributed by atoms with E-state index in [1.807, 2.05) is 60.7 Å². The molecular formula is C19H17N3O3. The SMILES string of the molecule is NC(=O)[C@H](Cc1ccccc1)NC(=O)c1coc(-c2ccccc2)n1. The monoisotopic (exact) mass is 335 g/mol. The number of nitrogens with one attached hydrogen (secondary N) is 1. The normalized spacial score (nSPS) is 11.7. The number of amides is 2. The first-order chi connectivity index (χ1) is 12.1. The molecule has 0 radical (unpaired) electrons. The highest BCUT2D eigenvalue weighted by molar-refractivity contribution is 5.96. The fourth-order valence-electron chi connectivity index (χ4n) is 2.40. The lowest BCUT2D eigenvalue weighted by Crippen LogP contribution is -2.45. The minimum absolute atomic E-state index is 0.0955. The second kappa shape index (κ2) is 7.44. The minimum atomic E-state index is -0.827. The molecule has 3 rings (SSSR count). The minimum Gasteiger partial charge on any atom is -0.444 e. The molecule has 3 aromatic rings. The Bertz CT molecular complexity index is 860. The number of carbonyl (C=O) groups is 2. The summed E-state index contributed by atoms with van der Waals surface area (Å²) in [6.07, 6.45) is 1.57. The molecule has 1 aromatic heterocycles. The largest absolute Gasteiger partial charge is 0.444 e. The summed E-state index contributed by atoms with van der Waals surface area (Å²) in [4.78, 5) is 28.2. The van der Waals surface area contributed by atoms with Crippen molar-refractivity contribution in [3.05, 3.63) is 78.2 Å². The van der Waals surface area contributed by atoms with Crippen LogP contribution in [-0.4, -0.2) is 22.8 Å². The maximum absolute atomic E-state index is 12.4. The van der Waals surface area contributed by atoms with Crippen molar-refractivity contribution in [1.82, 2.24) is 10.3 Å². The third kappa shape index (κ3) is 4.11. The second-order valence-electron chi connectivity index (χ2n) is 5.52. The van der Waals surface area contributed by atoms with Crippen LogP contribution in [0.5, 0.6) is 0 Å². The van der Waals surface area contributed by atoms with Crippen LogP contribution in [-0.2, 0) is 11.2 Å². The summed E-state index contributed by atoms with van der Waals surface area (Å²) in [5.41, 5.74) is 7.17. The van der Waals surface area contributed by atoms with Crippen LogP contribution in [0, 0.1) is 0 Å². The van der Waals surface area contributed by atoms with Gasteiger partial charge < -0.3 is 15.5 Å². The molecule has 0 saturated carbocycles. The predicted molar refractivity (Wildman–Crippen MR) is 92.5 cm³/mol. The average Bonchev–Trinajstić information content (AvgIpc) is 3.13. The van der Waals surface area contributed by atoms with Crippen LogP contribution in [0.3, 0.4) is 0 Å². The highest BCUT2D eigenvalue weighted by Crippen LogP contribution is 2.18. The van der Waals surface area contributed by atoms with Gasteiger partial charge in [-0.3, -0.25) is 9.59 Å². The van der Waals surface area contributed by atoms with E-state index in [9.17, 15) is 9.59 Å². The Morgan fingerprint density at radius 2 is 1.68 bits per heavy atom. The summed E-state index contributed by atoms with van der Waals surface area (Å²) in [6, 6.07) is 17.7. The van der Waals surface area contributed by atoms with Crippen LogP contribution in [0.2, 0.25) is 0 Å². The van der Waals surface area contributed by atoms with Crippen LogP contribution >= 0.6 is 0 Å². The fraction of sp³-hybridized carbons (Fsp3) is 0.105. The number of hydrogen-bond donors (Lipinski definition) is 2. The van der Waals surface area contributed by atoms with Gasteiger partial charge in [0.05, 0.1) is 0 Å². The molecule has 25 heavy (non-hydrogen) atoms. The molecular weight excluding hydrogens is 318 g/mol. The first-order valence-corrected chi connectivity index (χ1v) is 7.78. The molecule has 0 bridgehead atoms. The van der Waals surface area contributed by atoms with Gasteiger partial charge in [-0.1, -0.05) is 48.5 Å². The van der Waals surface area contributed by atoms with Crippen molar-refractivity contribution in [2.24, 2.45) is 5.73 Å². The zero-order chi connectivity index (χ0) is 17.6. The van der Waals surface area contributed by atoms with Crippen molar-refractivity contribution in [3.63, 3.8) is 0 Å². The van der Waals surface area contributed by atoms with E-state index in [1.165, 1.54) is 6.26 Å². The molecule has 6 nitrogen and oxygen atoms in total. The molecule has 0 aliphatic rings. The lowest BCUT2D eigenvalue weighted by atomic mass is 10.1. The highest BCUT2D eigenvalue weighted by Gasteiger charge is 2.21. The van der Waals surface area contributed by atoms with E-state index in [4.69, 9.17) is 10.2 Å². The van der Waals surface area contributed by atoms with Gasteiger partial charge in [-0.15, -0.1) is 0 Å². The maximum Gasteiger partial charge on any atom is 0.273 e. The number of benzene rings is 2. The summed E-state index contributed by atoms with van der Waals surface area (Å²) < 4.78 is 5.34. The van der Waals surface area contributed by atoms with Gasteiger partial charge >= 0.3 is 0 Å². The summed E-state index contributed by atoms with van der Waals surface area (Å²) >= 11 is 0. The molecule has 2 aromatic carbocycles. The van der Waals surface area contributed by atoms with Crippen LogP contribution < -0.4 is 11.1 Å². The second-order valence-corrected chi connectivity index (χ2v) is 5.52. The van der Waals surface area contributed by atoms with Crippen LogP contribution in [0.25, 0.3) is 11.5 Å². The van der Waals surface area contributed by atoms with Crippen molar-refractivity contribution in [3.8, 4) is 11.5 Å². The Morgan fingerprint density at radius 1 is 1.04 bits per heavy atom. The number of oxazole rings is 1. The number of hydrogen-bond acceptors (Lipinski definition) is 4. The number of nitrogens with two attached hydrogens (primary N) is 1. The zero-order valence-corrected chi connectivity index (χ0v) is 13.4. The molecule has 0 spiro atoms. The summed E-state index contributed by atoms with van der Waals surface area (Å²) in [5, 5.41) is 2.61. The quantitative estimate of drug-likeness (QED) is 0.721. The fourth-order valence-corrected chi connectivity index (χ4v) is 2.40. The number of primary amides is 1. The van der Waals surface area contributed by atoms with Gasteiger partial charge in [-0.2, -0.15) is 0 Å². The number of aromatic nitrogens is 1. The van der Waals surface area contributed by atoms with E-state index in [2.05, 4.69) is 10.3 Å². The van der Waals surface area contributed by atoms with E-state index in [0.717, 1.165) is 11.1 Å². The molecule has 2 amide bonds. The van der Waals surface area contributed by atoms with Crippen LogP contribution in [0.4, 0.5) is 0 Å². The average molecular weight is 335 g/mol. The Morgan fingerprint density at radius 3 is 2.32 bits per heavy atom. The van der Waals surface area contributed by atoms with Crippen molar-refractivity contribution in [2.45, 2.75) is 12.5 Å². The molecule has 3 N–H and O–H groups in total.